The van der Waals surface area contributed by atoms with Gasteiger partial charge in [0.05, 0.1) is 36.1 Å². The van der Waals surface area contributed by atoms with E-state index in [4.69, 9.17) is 9.15 Å². The molecule has 1 amide bonds. The van der Waals surface area contributed by atoms with Crippen molar-refractivity contribution in [1.29, 1.82) is 0 Å². The van der Waals surface area contributed by atoms with Crippen LogP contribution in [0.15, 0.2) is 53.7 Å². The van der Waals surface area contributed by atoms with Gasteiger partial charge in [0.15, 0.2) is 5.76 Å². The average Bonchev–Trinajstić information content (AvgIpc) is 3.26. The van der Waals surface area contributed by atoms with Crippen LogP contribution in [0.3, 0.4) is 0 Å². The topological polar surface area (TPSA) is 86.4 Å². The maximum atomic E-state index is 12.5. The Labute approximate surface area is 144 Å². The minimum atomic E-state index is -0.454. The maximum absolute atomic E-state index is 12.5. The molecule has 7 nitrogen and oxygen atoms in total. The van der Waals surface area contributed by atoms with Gasteiger partial charge >= 0.3 is 5.97 Å². The summed E-state index contributed by atoms with van der Waals surface area (Å²) in [4.78, 5) is 28.5. The zero-order valence-corrected chi connectivity index (χ0v) is 13.9. The van der Waals surface area contributed by atoms with Gasteiger partial charge in [-0.15, -0.1) is 0 Å². The molecular formula is C18H17N3O4. The monoisotopic (exact) mass is 339 g/mol. The van der Waals surface area contributed by atoms with E-state index in [0.717, 1.165) is 5.56 Å². The molecule has 7 heteroatoms. The number of aromatic nitrogens is 2. The van der Waals surface area contributed by atoms with Gasteiger partial charge in [-0.2, -0.15) is 0 Å². The third-order valence-electron chi connectivity index (χ3n) is 3.61. The van der Waals surface area contributed by atoms with Gasteiger partial charge in [-0.05, 0) is 38.1 Å². The predicted octanol–water partition coefficient (Wildman–Crippen LogP) is 3.20. The van der Waals surface area contributed by atoms with Crippen molar-refractivity contribution < 1.29 is 18.7 Å². The number of furan rings is 1. The number of rotatable bonds is 5. The number of amides is 1. The first-order valence-corrected chi connectivity index (χ1v) is 7.75. The number of hydrogen-bond donors (Lipinski definition) is 1. The van der Waals surface area contributed by atoms with E-state index in [0.29, 0.717) is 16.9 Å². The third kappa shape index (κ3) is 3.45. The minimum absolute atomic E-state index is 0.220. The normalized spacial score (nSPS) is 10.5. The van der Waals surface area contributed by atoms with Gasteiger partial charge in [-0.3, -0.25) is 4.79 Å². The van der Waals surface area contributed by atoms with E-state index < -0.39 is 11.9 Å². The molecule has 0 fully saturated rings. The lowest BCUT2D eigenvalue weighted by Crippen LogP contribution is -2.15. The summed E-state index contributed by atoms with van der Waals surface area (Å²) in [5.74, 6) is -0.632. The third-order valence-corrected chi connectivity index (χ3v) is 3.61. The van der Waals surface area contributed by atoms with E-state index in [1.165, 1.54) is 6.26 Å². The number of benzene rings is 1. The number of carbonyl (C=O) groups excluding carboxylic acids is 2. The first-order chi connectivity index (χ1) is 12.1. The van der Waals surface area contributed by atoms with Crippen LogP contribution in [-0.2, 0) is 4.74 Å². The first-order valence-electron chi connectivity index (χ1n) is 7.75. The fourth-order valence-electron chi connectivity index (χ4n) is 2.39. The molecule has 0 unspecified atom stereocenters. The lowest BCUT2D eigenvalue weighted by molar-refractivity contribution is 0.0526. The van der Waals surface area contributed by atoms with Gasteiger partial charge < -0.3 is 19.0 Å². The molecule has 2 aromatic heterocycles. The quantitative estimate of drug-likeness (QED) is 0.721. The number of esters is 1. The molecule has 0 saturated heterocycles. The standard InChI is InChI=1S/C18H17N3O4/c1-3-24-18(23)13-4-5-15(21-8-7-19-11-21)14(10-13)20-17(22)16-12(2)6-9-25-16/h4-11H,3H2,1-2H3,(H,20,22). The highest BCUT2D eigenvalue weighted by Crippen LogP contribution is 2.24. The highest BCUT2D eigenvalue weighted by atomic mass is 16.5. The molecule has 3 aromatic rings. The summed E-state index contributed by atoms with van der Waals surface area (Å²) in [5, 5.41) is 2.79. The minimum Gasteiger partial charge on any atom is -0.462 e. The van der Waals surface area contributed by atoms with Gasteiger partial charge in [0.1, 0.15) is 0 Å². The summed E-state index contributed by atoms with van der Waals surface area (Å²) < 4.78 is 12.0. The fraction of sp³-hybridized carbons (Fsp3) is 0.167. The van der Waals surface area contributed by atoms with Crippen LogP contribution in [0.2, 0.25) is 0 Å². The zero-order chi connectivity index (χ0) is 17.8. The Bertz CT molecular complexity index is 897. The van der Waals surface area contributed by atoms with Gasteiger partial charge in [-0.1, -0.05) is 0 Å². The molecule has 2 heterocycles. The summed E-state index contributed by atoms with van der Waals surface area (Å²) >= 11 is 0. The molecule has 0 atom stereocenters. The van der Waals surface area contributed by atoms with Gasteiger partial charge in [0.2, 0.25) is 0 Å². The molecule has 0 bridgehead atoms. The molecule has 25 heavy (non-hydrogen) atoms. The SMILES string of the molecule is CCOC(=O)c1ccc(-n2ccnc2)c(NC(=O)c2occc2C)c1. The van der Waals surface area contributed by atoms with E-state index in [9.17, 15) is 9.59 Å². The highest BCUT2D eigenvalue weighted by molar-refractivity contribution is 6.05. The Morgan fingerprint density at radius 1 is 1.32 bits per heavy atom. The zero-order valence-electron chi connectivity index (χ0n) is 13.9. The van der Waals surface area contributed by atoms with E-state index >= 15 is 0 Å². The van der Waals surface area contributed by atoms with Crippen LogP contribution in [0.5, 0.6) is 0 Å². The van der Waals surface area contributed by atoms with Crippen LogP contribution >= 0.6 is 0 Å². The van der Waals surface area contributed by atoms with Crippen molar-refractivity contribution in [3.8, 4) is 5.69 Å². The van der Waals surface area contributed by atoms with Crippen LogP contribution < -0.4 is 5.32 Å². The Hall–Kier alpha value is -3.35. The van der Waals surface area contributed by atoms with Gasteiger partial charge in [0.25, 0.3) is 5.91 Å². The highest BCUT2D eigenvalue weighted by Gasteiger charge is 2.17. The van der Waals surface area contributed by atoms with Crippen LogP contribution in [-0.4, -0.2) is 28.0 Å². The Balaban J connectivity index is 1.98. The van der Waals surface area contributed by atoms with Crippen molar-refractivity contribution in [1.82, 2.24) is 9.55 Å². The van der Waals surface area contributed by atoms with Crippen molar-refractivity contribution in [3.63, 3.8) is 0 Å². The number of hydrogen-bond acceptors (Lipinski definition) is 5. The number of nitrogens with one attached hydrogen (secondary N) is 1. The lowest BCUT2D eigenvalue weighted by atomic mass is 10.1. The molecule has 0 spiro atoms. The summed E-state index contributed by atoms with van der Waals surface area (Å²) in [7, 11) is 0. The molecule has 0 radical (unpaired) electrons. The maximum Gasteiger partial charge on any atom is 0.338 e. The van der Waals surface area contributed by atoms with E-state index in [1.807, 2.05) is 0 Å². The van der Waals surface area contributed by atoms with Crippen LogP contribution in [0.25, 0.3) is 5.69 Å². The lowest BCUT2D eigenvalue weighted by Gasteiger charge is -2.13. The average molecular weight is 339 g/mol. The van der Waals surface area contributed by atoms with Gasteiger partial charge in [0, 0.05) is 18.0 Å². The molecule has 128 valence electrons. The number of ether oxygens (including phenoxy) is 1. The smallest absolute Gasteiger partial charge is 0.338 e. The van der Waals surface area contributed by atoms with E-state index in [-0.39, 0.29) is 12.4 Å². The second-order valence-corrected chi connectivity index (χ2v) is 5.31. The van der Waals surface area contributed by atoms with Crippen molar-refractivity contribution in [2.24, 2.45) is 0 Å². The number of nitrogens with zero attached hydrogens (tertiary/aromatic N) is 2. The predicted molar refractivity (Wildman–Crippen MR) is 90.9 cm³/mol. The summed E-state index contributed by atoms with van der Waals surface area (Å²) in [5.41, 5.74) is 2.19. The Morgan fingerprint density at radius 2 is 2.16 bits per heavy atom. The van der Waals surface area contributed by atoms with Crippen molar-refractivity contribution in [2.75, 3.05) is 11.9 Å². The Kier molecular flexibility index (Phi) is 4.65. The molecule has 0 aliphatic heterocycles. The van der Waals surface area contributed by atoms with E-state index in [2.05, 4.69) is 10.3 Å². The van der Waals surface area contributed by atoms with Gasteiger partial charge in [-0.25, -0.2) is 9.78 Å². The summed E-state index contributed by atoms with van der Waals surface area (Å²) in [6.45, 7) is 3.79. The molecule has 1 aromatic carbocycles. The van der Waals surface area contributed by atoms with Crippen molar-refractivity contribution in [2.45, 2.75) is 13.8 Å². The van der Waals surface area contributed by atoms with Crippen LogP contribution in [0.1, 0.15) is 33.4 Å². The van der Waals surface area contributed by atoms with Crippen molar-refractivity contribution >= 4 is 17.6 Å². The second-order valence-electron chi connectivity index (χ2n) is 5.31. The second kappa shape index (κ2) is 7.04. The first kappa shape index (κ1) is 16.5. The van der Waals surface area contributed by atoms with E-state index in [1.54, 1.807) is 61.4 Å². The summed E-state index contributed by atoms with van der Waals surface area (Å²) in [6, 6.07) is 6.64. The molecule has 1 N–H and O–H groups in total. The number of carbonyl (C=O) groups is 2. The molecule has 0 aliphatic carbocycles. The number of aryl methyl sites for hydroxylation is 1. The molecule has 0 aliphatic rings. The molecular weight excluding hydrogens is 322 g/mol. The van der Waals surface area contributed by atoms with Crippen LogP contribution in [0.4, 0.5) is 5.69 Å². The summed E-state index contributed by atoms with van der Waals surface area (Å²) in [6.07, 6.45) is 6.43. The number of anilines is 1. The fourth-order valence-corrected chi connectivity index (χ4v) is 2.39. The largest absolute Gasteiger partial charge is 0.462 e. The molecule has 0 saturated carbocycles. The number of imidazole rings is 1. The van der Waals surface area contributed by atoms with Crippen LogP contribution in [0, 0.1) is 6.92 Å². The Morgan fingerprint density at radius 3 is 2.80 bits per heavy atom. The van der Waals surface area contributed by atoms with Crippen molar-refractivity contribution in [3.05, 3.63) is 66.1 Å². The molecule has 3 rings (SSSR count).